The third-order valence-corrected chi connectivity index (χ3v) is 3.81. The number of nitrogens with one attached hydrogen (secondary N) is 1. The molecule has 1 heterocycles. The van der Waals surface area contributed by atoms with E-state index in [1.165, 1.54) is 0 Å². The van der Waals surface area contributed by atoms with Crippen LogP contribution >= 0.6 is 0 Å². The summed E-state index contributed by atoms with van der Waals surface area (Å²) in [5.74, 6) is 0.209. The van der Waals surface area contributed by atoms with Crippen LogP contribution < -0.4 is 5.32 Å². The van der Waals surface area contributed by atoms with Crippen LogP contribution in [-0.4, -0.2) is 42.3 Å². The molecule has 0 saturated carbocycles. The molecule has 1 aromatic rings. The number of hydrogen-bond donors (Lipinski definition) is 1. The lowest BCUT2D eigenvalue weighted by Gasteiger charge is -2.31. The van der Waals surface area contributed by atoms with Gasteiger partial charge in [-0.25, -0.2) is 0 Å². The highest BCUT2D eigenvalue weighted by atomic mass is 16.1. The second-order valence-electron chi connectivity index (χ2n) is 5.49. The number of carbonyl (C=O) groups is 2. The Kier molecular flexibility index (Phi) is 4.90. The SMILES string of the molecule is CC(=O)NC1CCN(CC(=O)c2ccccc2C)CC1. The highest BCUT2D eigenvalue weighted by Crippen LogP contribution is 2.13. The normalized spacial score (nSPS) is 16.9. The van der Waals surface area contributed by atoms with E-state index in [0.29, 0.717) is 6.54 Å². The first-order chi connectivity index (χ1) is 9.56. The molecule has 1 fully saturated rings. The molecule has 0 radical (unpaired) electrons. The smallest absolute Gasteiger partial charge is 0.217 e. The van der Waals surface area contributed by atoms with E-state index >= 15 is 0 Å². The van der Waals surface area contributed by atoms with E-state index in [1.54, 1.807) is 6.92 Å². The van der Waals surface area contributed by atoms with E-state index in [0.717, 1.165) is 37.1 Å². The lowest BCUT2D eigenvalue weighted by molar-refractivity contribution is -0.119. The van der Waals surface area contributed by atoms with Gasteiger partial charge in [-0.2, -0.15) is 0 Å². The summed E-state index contributed by atoms with van der Waals surface area (Å²) in [7, 11) is 0. The molecule has 4 nitrogen and oxygen atoms in total. The van der Waals surface area contributed by atoms with E-state index in [2.05, 4.69) is 10.2 Å². The minimum Gasteiger partial charge on any atom is -0.354 e. The minimum absolute atomic E-state index is 0.0273. The molecule has 0 atom stereocenters. The maximum Gasteiger partial charge on any atom is 0.217 e. The fourth-order valence-corrected chi connectivity index (χ4v) is 2.70. The van der Waals surface area contributed by atoms with Crippen LogP contribution in [0.5, 0.6) is 0 Å². The van der Waals surface area contributed by atoms with Crippen LogP contribution in [0.2, 0.25) is 0 Å². The largest absolute Gasteiger partial charge is 0.354 e. The number of piperidine rings is 1. The summed E-state index contributed by atoms with van der Waals surface area (Å²) in [6.07, 6.45) is 1.83. The lowest BCUT2D eigenvalue weighted by Crippen LogP contribution is -2.45. The zero-order valence-corrected chi connectivity index (χ0v) is 12.2. The molecule has 1 amide bonds. The van der Waals surface area contributed by atoms with Crippen LogP contribution in [0.3, 0.4) is 0 Å². The number of Topliss-reactive ketones (excluding diaryl/α,β-unsaturated/α-hetero) is 1. The van der Waals surface area contributed by atoms with Crippen molar-refractivity contribution in [3.05, 3.63) is 35.4 Å². The highest BCUT2D eigenvalue weighted by molar-refractivity contribution is 5.98. The molecule has 2 rings (SSSR count). The number of likely N-dealkylation sites (tertiary alicyclic amines) is 1. The molecule has 0 unspecified atom stereocenters. The van der Waals surface area contributed by atoms with Crippen molar-refractivity contribution in [3.63, 3.8) is 0 Å². The van der Waals surface area contributed by atoms with Crippen molar-refractivity contribution < 1.29 is 9.59 Å². The van der Waals surface area contributed by atoms with Gasteiger partial charge in [-0.05, 0) is 25.3 Å². The highest BCUT2D eigenvalue weighted by Gasteiger charge is 2.21. The van der Waals surface area contributed by atoms with E-state index in [4.69, 9.17) is 0 Å². The van der Waals surface area contributed by atoms with Crippen LogP contribution in [-0.2, 0) is 4.79 Å². The standard InChI is InChI=1S/C16H22N2O2/c1-12-5-3-4-6-15(12)16(20)11-18-9-7-14(8-10-18)17-13(2)19/h3-6,14H,7-11H2,1-2H3,(H,17,19). The van der Waals surface area contributed by atoms with Gasteiger partial charge in [0.2, 0.25) is 5.91 Å². The van der Waals surface area contributed by atoms with Crippen molar-refractivity contribution in [1.29, 1.82) is 0 Å². The maximum atomic E-state index is 12.3. The molecule has 1 saturated heterocycles. The van der Waals surface area contributed by atoms with Crippen LogP contribution in [0.4, 0.5) is 0 Å². The Balaban J connectivity index is 1.85. The fourth-order valence-electron chi connectivity index (χ4n) is 2.70. The van der Waals surface area contributed by atoms with E-state index < -0.39 is 0 Å². The van der Waals surface area contributed by atoms with Gasteiger partial charge in [-0.15, -0.1) is 0 Å². The van der Waals surface area contributed by atoms with Crippen LogP contribution in [0, 0.1) is 6.92 Å². The molecule has 108 valence electrons. The summed E-state index contributed by atoms with van der Waals surface area (Å²) >= 11 is 0. The number of nitrogens with zero attached hydrogens (tertiary/aromatic N) is 1. The van der Waals surface area contributed by atoms with Gasteiger partial charge in [0, 0.05) is 31.6 Å². The van der Waals surface area contributed by atoms with Crippen LogP contribution in [0.1, 0.15) is 35.7 Å². The van der Waals surface area contributed by atoms with E-state index in [-0.39, 0.29) is 17.7 Å². The van der Waals surface area contributed by atoms with Gasteiger partial charge in [0.25, 0.3) is 0 Å². The van der Waals surface area contributed by atoms with Gasteiger partial charge in [-0.1, -0.05) is 24.3 Å². The number of carbonyl (C=O) groups excluding carboxylic acids is 2. The molecule has 20 heavy (non-hydrogen) atoms. The quantitative estimate of drug-likeness (QED) is 0.851. The molecule has 0 aromatic heterocycles. The average molecular weight is 274 g/mol. The second kappa shape index (κ2) is 6.66. The number of hydrogen-bond acceptors (Lipinski definition) is 3. The maximum absolute atomic E-state index is 12.3. The first-order valence-electron chi connectivity index (χ1n) is 7.14. The predicted octanol–water partition coefficient (Wildman–Crippen LogP) is 1.78. The summed E-state index contributed by atoms with van der Waals surface area (Å²) in [6, 6.07) is 7.98. The predicted molar refractivity (Wildman–Crippen MR) is 78.8 cm³/mol. The average Bonchev–Trinajstić information content (AvgIpc) is 2.41. The Morgan fingerprint density at radius 3 is 2.50 bits per heavy atom. The molecular weight excluding hydrogens is 252 g/mol. The number of aryl methyl sites for hydroxylation is 1. The van der Waals surface area contributed by atoms with Crippen molar-refractivity contribution in [1.82, 2.24) is 10.2 Å². The zero-order chi connectivity index (χ0) is 14.5. The topological polar surface area (TPSA) is 49.4 Å². The Bertz CT molecular complexity index is 491. The van der Waals surface area contributed by atoms with Gasteiger partial charge in [-0.3, -0.25) is 14.5 Å². The Hall–Kier alpha value is -1.68. The molecule has 0 bridgehead atoms. The number of amides is 1. The first-order valence-corrected chi connectivity index (χ1v) is 7.14. The van der Waals surface area contributed by atoms with Crippen molar-refractivity contribution in [3.8, 4) is 0 Å². The van der Waals surface area contributed by atoms with Crippen molar-refractivity contribution in [2.24, 2.45) is 0 Å². The number of ketones is 1. The van der Waals surface area contributed by atoms with Crippen LogP contribution in [0.15, 0.2) is 24.3 Å². The summed E-state index contributed by atoms with van der Waals surface area (Å²) < 4.78 is 0. The Morgan fingerprint density at radius 2 is 1.90 bits per heavy atom. The molecular formula is C16H22N2O2. The molecule has 4 heteroatoms. The monoisotopic (exact) mass is 274 g/mol. The lowest BCUT2D eigenvalue weighted by atomic mass is 10.0. The van der Waals surface area contributed by atoms with Crippen molar-refractivity contribution in [2.45, 2.75) is 32.7 Å². The minimum atomic E-state index is 0.0273. The van der Waals surface area contributed by atoms with Crippen LogP contribution in [0.25, 0.3) is 0 Å². The molecule has 1 aliphatic heterocycles. The van der Waals surface area contributed by atoms with Crippen molar-refractivity contribution in [2.75, 3.05) is 19.6 Å². The number of rotatable bonds is 4. The summed E-state index contributed by atoms with van der Waals surface area (Å²) in [5.41, 5.74) is 1.85. The summed E-state index contributed by atoms with van der Waals surface area (Å²) in [4.78, 5) is 25.5. The second-order valence-corrected chi connectivity index (χ2v) is 5.49. The van der Waals surface area contributed by atoms with Gasteiger partial charge in [0.05, 0.1) is 6.54 Å². The van der Waals surface area contributed by atoms with Crippen molar-refractivity contribution >= 4 is 11.7 Å². The third kappa shape index (κ3) is 3.90. The first kappa shape index (κ1) is 14.7. The Labute approximate surface area is 120 Å². The Morgan fingerprint density at radius 1 is 1.25 bits per heavy atom. The zero-order valence-electron chi connectivity index (χ0n) is 12.2. The summed E-state index contributed by atoms with van der Waals surface area (Å²) in [6.45, 7) is 5.72. The molecule has 0 spiro atoms. The third-order valence-electron chi connectivity index (χ3n) is 3.81. The van der Waals surface area contributed by atoms with Gasteiger partial charge >= 0.3 is 0 Å². The summed E-state index contributed by atoms with van der Waals surface area (Å²) in [5, 5.41) is 2.95. The fraction of sp³-hybridized carbons (Fsp3) is 0.500. The van der Waals surface area contributed by atoms with E-state index in [9.17, 15) is 9.59 Å². The van der Waals surface area contributed by atoms with E-state index in [1.807, 2.05) is 31.2 Å². The molecule has 0 aliphatic carbocycles. The van der Waals surface area contributed by atoms with Gasteiger partial charge < -0.3 is 5.32 Å². The molecule has 1 N–H and O–H groups in total. The molecule has 1 aromatic carbocycles. The molecule has 1 aliphatic rings. The van der Waals surface area contributed by atoms with Gasteiger partial charge in [0.1, 0.15) is 0 Å². The number of benzene rings is 1. The van der Waals surface area contributed by atoms with Gasteiger partial charge in [0.15, 0.2) is 5.78 Å².